The van der Waals surface area contributed by atoms with Crippen LogP contribution in [0.3, 0.4) is 0 Å². The summed E-state index contributed by atoms with van der Waals surface area (Å²) >= 11 is 5.92. The lowest BCUT2D eigenvalue weighted by molar-refractivity contribution is 0.415. The molecule has 100 valence electrons. The van der Waals surface area contributed by atoms with Crippen LogP contribution in [0.25, 0.3) is 22.2 Å². The van der Waals surface area contributed by atoms with Gasteiger partial charge in [0.15, 0.2) is 0 Å². The van der Waals surface area contributed by atoms with Gasteiger partial charge >= 0.3 is 0 Å². The van der Waals surface area contributed by atoms with Crippen LogP contribution in [0, 0.1) is 6.92 Å². The monoisotopic (exact) mass is 283 g/mol. The van der Waals surface area contributed by atoms with Gasteiger partial charge in [-0.3, -0.25) is 0 Å². The lowest BCUT2D eigenvalue weighted by atomic mass is 10.0. The molecule has 0 atom stereocenters. The third-order valence-corrected chi connectivity index (χ3v) is 3.61. The molecule has 3 heteroatoms. The number of nitrogens with zero attached hydrogens (tertiary/aromatic N) is 1. The van der Waals surface area contributed by atoms with Crippen molar-refractivity contribution in [3.8, 4) is 17.0 Å². The molecule has 0 saturated carbocycles. The largest absolute Gasteiger partial charge is 0.497 e. The summed E-state index contributed by atoms with van der Waals surface area (Å²) in [7, 11) is 1.67. The highest BCUT2D eigenvalue weighted by Gasteiger charge is 2.06. The van der Waals surface area contributed by atoms with Gasteiger partial charge in [-0.05, 0) is 48.9 Å². The molecular formula is C17H14ClNO. The number of aromatic nitrogens is 1. The van der Waals surface area contributed by atoms with Gasteiger partial charge in [-0.2, -0.15) is 0 Å². The molecule has 0 amide bonds. The third kappa shape index (κ3) is 2.35. The van der Waals surface area contributed by atoms with E-state index in [-0.39, 0.29) is 0 Å². The van der Waals surface area contributed by atoms with E-state index < -0.39 is 0 Å². The van der Waals surface area contributed by atoms with Crippen LogP contribution in [0.15, 0.2) is 48.5 Å². The van der Waals surface area contributed by atoms with E-state index in [1.165, 1.54) is 5.56 Å². The SMILES string of the molecule is COc1ccc2nc(-c3ccc(Cl)cc3)cc(C)c2c1. The van der Waals surface area contributed by atoms with Gasteiger partial charge in [0.1, 0.15) is 5.75 Å². The zero-order chi connectivity index (χ0) is 14.1. The average Bonchev–Trinajstić information content (AvgIpc) is 2.47. The van der Waals surface area contributed by atoms with Crippen LogP contribution in [0.5, 0.6) is 5.75 Å². The van der Waals surface area contributed by atoms with Crippen molar-refractivity contribution in [3.63, 3.8) is 0 Å². The molecule has 0 bridgehead atoms. The van der Waals surface area contributed by atoms with E-state index in [4.69, 9.17) is 21.3 Å². The van der Waals surface area contributed by atoms with Crippen LogP contribution >= 0.6 is 11.6 Å². The summed E-state index contributed by atoms with van der Waals surface area (Å²) in [5, 5.41) is 1.85. The van der Waals surface area contributed by atoms with Crippen LogP contribution in [0.4, 0.5) is 0 Å². The highest BCUT2D eigenvalue weighted by atomic mass is 35.5. The van der Waals surface area contributed by atoms with Gasteiger partial charge in [-0.1, -0.05) is 23.7 Å². The van der Waals surface area contributed by atoms with Gasteiger partial charge in [0, 0.05) is 16.0 Å². The van der Waals surface area contributed by atoms with Crippen LogP contribution < -0.4 is 4.74 Å². The van der Waals surface area contributed by atoms with E-state index >= 15 is 0 Å². The Labute approximate surface area is 123 Å². The predicted octanol–water partition coefficient (Wildman–Crippen LogP) is 4.87. The lowest BCUT2D eigenvalue weighted by Crippen LogP contribution is -1.90. The molecule has 2 nitrogen and oxygen atoms in total. The zero-order valence-corrected chi connectivity index (χ0v) is 12.1. The van der Waals surface area contributed by atoms with Crippen molar-refractivity contribution in [2.45, 2.75) is 6.92 Å². The molecule has 0 N–H and O–H groups in total. The van der Waals surface area contributed by atoms with E-state index in [1.54, 1.807) is 7.11 Å². The van der Waals surface area contributed by atoms with Gasteiger partial charge in [-0.15, -0.1) is 0 Å². The molecular weight excluding hydrogens is 270 g/mol. The van der Waals surface area contributed by atoms with Crippen molar-refractivity contribution in [2.24, 2.45) is 0 Å². The maximum atomic E-state index is 5.92. The summed E-state index contributed by atoms with van der Waals surface area (Å²) in [5.41, 5.74) is 4.17. The van der Waals surface area contributed by atoms with Gasteiger partial charge in [0.2, 0.25) is 0 Å². The number of aryl methyl sites for hydroxylation is 1. The van der Waals surface area contributed by atoms with Crippen molar-refractivity contribution in [1.29, 1.82) is 0 Å². The Morgan fingerprint density at radius 3 is 2.45 bits per heavy atom. The zero-order valence-electron chi connectivity index (χ0n) is 11.4. The number of fused-ring (bicyclic) bond motifs is 1. The van der Waals surface area contributed by atoms with Crippen LogP contribution in [0.1, 0.15) is 5.56 Å². The maximum absolute atomic E-state index is 5.92. The van der Waals surface area contributed by atoms with E-state index in [2.05, 4.69) is 13.0 Å². The summed E-state index contributed by atoms with van der Waals surface area (Å²) < 4.78 is 5.26. The number of rotatable bonds is 2. The highest BCUT2D eigenvalue weighted by molar-refractivity contribution is 6.30. The van der Waals surface area contributed by atoms with Gasteiger partial charge in [-0.25, -0.2) is 4.98 Å². The molecule has 0 radical (unpaired) electrons. The molecule has 2 aromatic carbocycles. The summed E-state index contributed by atoms with van der Waals surface area (Å²) in [6.45, 7) is 2.09. The molecule has 3 aromatic rings. The van der Waals surface area contributed by atoms with E-state index in [0.29, 0.717) is 0 Å². The number of hydrogen-bond donors (Lipinski definition) is 0. The Morgan fingerprint density at radius 1 is 1.00 bits per heavy atom. The Balaban J connectivity index is 2.17. The molecule has 3 rings (SSSR count). The van der Waals surface area contributed by atoms with Crippen molar-refractivity contribution < 1.29 is 4.74 Å². The minimum absolute atomic E-state index is 0.732. The average molecular weight is 284 g/mol. The van der Waals surface area contributed by atoms with E-state index in [0.717, 1.165) is 32.9 Å². The number of hydrogen-bond acceptors (Lipinski definition) is 2. The quantitative estimate of drug-likeness (QED) is 0.669. The lowest BCUT2D eigenvalue weighted by Gasteiger charge is -2.08. The minimum atomic E-state index is 0.732. The Morgan fingerprint density at radius 2 is 1.75 bits per heavy atom. The van der Waals surface area contributed by atoms with Crippen molar-refractivity contribution in [2.75, 3.05) is 7.11 Å². The second-order valence-corrected chi connectivity index (χ2v) is 5.15. The summed E-state index contributed by atoms with van der Waals surface area (Å²) in [6, 6.07) is 15.8. The number of pyridine rings is 1. The van der Waals surface area contributed by atoms with E-state index in [9.17, 15) is 0 Å². The standard InChI is InChI=1S/C17H14ClNO/c1-11-9-17(12-3-5-13(18)6-4-12)19-16-8-7-14(20-2)10-15(11)16/h3-10H,1-2H3. The molecule has 0 unspecified atom stereocenters. The number of methoxy groups -OCH3 is 1. The highest BCUT2D eigenvalue weighted by Crippen LogP contribution is 2.27. The predicted molar refractivity (Wildman–Crippen MR) is 83.5 cm³/mol. The molecule has 0 aliphatic rings. The molecule has 1 heterocycles. The molecule has 0 spiro atoms. The van der Waals surface area contributed by atoms with Crippen molar-refractivity contribution >= 4 is 22.5 Å². The first-order valence-electron chi connectivity index (χ1n) is 6.39. The first-order valence-corrected chi connectivity index (χ1v) is 6.76. The number of ether oxygens (including phenoxy) is 1. The summed E-state index contributed by atoms with van der Waals surface area (Å²) in [5.74, 6) is 0.849. The molecule has 0 saturated heterocycles. The Hall–Kier alpha value is -2.06. The fraction of sp³-hybridized carbons (Fsp3) is 0.118. The van der Waals surface area contributed by atoms with Gasteiger partial charge < -0.3 is 4.74 Å². The normalized spacial score (nSPS) is 10.8. The first kappa shape index (κ1) is 12.9. The third-order valence-electron chi connectivity index (χ3n) is 3.36. The Bertz CT molecular complexity index is 766. The number of benzene rings is 2. The fourth-order valence-corrected chi connectivity index (χ4v) is 2.39. The van der Waals surface area contributed by atoms with Crippen molar-refractivity contribution in [3.05, 3.63) is 59.1 Å². The molecule has 20 heavy (non-hydrogen) atoms. The Kier molecular flexibility index (Phi) is 3.33. The van der Waals surface area contributed by atoms with Gasteiger partial charge in [0.25, 0.3) is 0 Å². The summed E-state index contributed by atoms with van der Waals surface area (Å²) in [4.78, 5) is 4.71. The van der Waals surface area contributed by atoms with E-state index in [1.807, 2.05) is 42.5 Å². The molecule has 1 aromatic heterocycles. The fourth-order valence-electron chi connectivity index (χ4n) is 2.27. The number of halogens is 1. The van der Waals surface area contributed by atoms with Crippen LogP contribution in [0.2, 0.25) is 5.02 Å². The molecule has 0 aliphatic carbocycles. The smallest absolute Gasteiger partial charge is 0.119 e. The van der Waals surface area contributed by atoms with Gasteiger partial charge in [0.05, 0.1) is 18.3 Å². The van der Waals surface area contributed by atoms with Crippen molar-refractivity contribution in [1.82, 2.24) is 4.98 Å². The first-order chi connectivity index (χ1) is 9.67. The summed E-state index contributed by atoms with van der Waals surface area (Å²) in [6.07, 6.45) is 0. The molecule has 0 fully saturated rings. The second-order valence-electron chi connectivity index (χ2n) is 4.71. The minimum Gasteiger partial charge on any atom is -0.497 e. The maximum Gasteiger partial charge on any atom is 0.119 e. The molecule has 0 aliphatic heterocycles. The topological polar surface area (TPSA) is 22.1 Å². The second kappa shape index (κ2) is 5.14. The van der Waals surface area contributed by atoms with Crippen LogP contribution in [-0.4, -0.2) is 12.1 Å². The van der Waals surface area contributed by atoms with Crippen LogP contribution in [-0.2, 0) is 0 Å².